The molecule has 18 heavy (non-hydrogen) atoms. The predicted octanol–water partition coefficient (Wildman–Crippen LogP) is 3.96. The fourth-order valence-electron chi connectivity index (χ4n) is 4.24. The molecule has 0 aromatic heterocycles. The van der Waals surface area contributed by atoms with Crippen molar-refractivity contribution in [3.8, 4) is 0 Å². The summed E-state index contributed by atoms with van der Waals surface area (Å²) < 4.78 is 0. The molecule has 0 heterocycles. The van der Waals surface area contributed by atoms with E-state index in [1.807, 2.05) is 0 Å². The maximum Gasteiger partial charge on any atom is 0.0152 e. The first-order valence-electron chi connectivity index (χ1n) is 7.47. The van der Waals surface area contributed by atoms with Gasteiger partial charge in [0.05, 0.1) is 0 Å². The highest BCUT2D eigenvalue weighted by molar-refractivity contribution is 5.27. The Hall–Kier alpha value is -0.820. The molecule has 0 bridgehead atoms. The van der Waals surface area contributed by atoms with Crippen LogP contribution in [0.4, 0.5) is 0 Å². The average molecular weight is 243 g/mol. The Morgan fingerprint density at radius 2 is 1.83 bits per heavy atom. The zero-order valence-corrected chi connectivity index (χ0v) is 11.7. The van der Waals surface area contributed by atoms with Crippen molar-refractivity contribution in [2.24, 2.45) is 11.3 Å². The summed E-state index contributed by atoms with van der Waals surface area (Å²) in [5.74, 6) is 1.67. The Morgan fingerprint density at radius 1 is 1.17 bits per heavy atom. The summed E-state index contributed by atoms with van der Waals surface area (Å²) in [5, 5.41) is 3.65. The predicted molar refractivity (Wildman–Crippen MR) is 76.7 cm³/mol. The van der Waals surface area contributed by atoms with Crippen molar-refractivity contribution in [3.05, 3.63) is 35.9 Å². The van der Waals surface area contributed by atoms with Crippen LogP contribution in [0.1, 0.15) is 50.5 Å². The van der Waals surface area contributed by atoms with Gasteiger partial charge in [-0.25, -0.2) is 0 Å². The smallest absolute Gasteiger partial charge is 0.0152 e. The first kappa shape index (κ1) is 12.2. The molecule has 3 atom stereocenters. The average Bonchev–Trinajstić information content (AvgIpc) is 3.05. The van der Waals surface area contributed by atoms with E-state index in [1.165, 1.54) is 32.1 Å². The van der Waals surface area contributed by atoms with E-state index in [1.54, 1.807) is 5.56 Å². The third-order valence-corrected chi connectivity index (χ3v) is 5.30. The van der Waals surface area contributed by atoms with Crippen LogP contribution in [0.3, 0.4) is 0 Å². The molecule has 2 aliphatic carbocycles. The molecule has 0 aliphatic heterocycles. The van der Waals surface area contributed by atoms with E-state index in [-0.39, 0.29) is 0 Å². The molecule has 2 aliphatic rings. The monoisotopic (exact) mass is 243 g/mol. The number of hydrogen-bond acceptors (Lipinski definition) is 1. The summed E-state index contributed by atoms with van der Waals surface area (Å²) in [6, 6.07) is 11.8. The Morgan fingerprint density at radius 3 is 2.44 bits per heavy atom. The Kier molecular flexibility index (Phi) is 3.19. The van der Waals surface area contributed by atoms with Crippen molar-refractivity contribution in [1.29, 1.82) is 0 Å². The van der Waals surface area contributed by atoms with E-state index >= 15 is 0 Å². The van der Waals surface area contributed by atoms with Gasteiger partial charge in [0, 0.05) is 6.04 Å². The van der Waals surface area contributed by atoms with Crippen molar-refractivity contribution >= 4 is 0 Å². The van der Waals surface area contributed by atoms with E-state index in [0.29, 0.717) is 11.5 Å². The van der Waals surface area contributed by atoms with Crippen molar-refractivity contribution in [1.82, 2.24) is 5.32 Å². The summed E-state index contributed by atoms with van der Waals surface area (Å²) in [4.78, 5) is 0. The lowest BCUT2D eigenvalue weighted by Crippen LogP contribution is -2.42. The number of rotatable bonds is 4. The highest BCUT2D eigenvalue weighted by Gasteiger charge is 2.50. The maximum atomic E-state index is 3.65. The van der Waals surface area contributed by atoms with Crippen LogP contribution in [-0.4, -0.2) is 13.1 Å². The molecule has 0 saturated heterocycles. The van der Waals surface area contributed by atoms with E-state index in [0.717, 1.165) is 11.8 Å². The molecular weight excluding hydrogens is 218 g/mol. The molecule has 2 saturated carbocycles. The fraction of sp³-hybridized carbons (Fsp3) is 0.647. The van der Waals surface area contributed by atoms with E-state index in [2.05, 4.69) is 49.6 Å². The lowest BCUT2D eigenvalue weighted by molar-refractivity contribution is 0.206. The normalized spacial score (nSPS) is 31.2. The Labute approximate surface area is 111 Å². The molecule has 0 spiro atoms. The number of nitrogens with one attached hydrogen (secondary N) is 1. The third-order valence-electron chi connectivity index (χ3n) is 5.30. The standard InChI is InChI=1S/C17H25N/c1-17(10-6-7-11-17)16(18-2)15-12-14(15)13-8-4-3-5-9-13/h3-5,8-9,14-16,18H,6-7,10-12H2,1-2H3. The molecular formula is C17H25N. The Balaban J connectivity index is 1.72. The van der Waals surface area contributed by atoms with Crippen LogP contribution in [-0.2, 0) is 0 Å². The van der Waals surface area contributed by atoms with Gasteiger partial charge in [0.2, 0.25) is 0 Å². The SMILES string of the molecule is CNC(C1CC1c1ccccc1)C1(C)CCCC1. The van der Waals surface area contributed by atoms with Gasteiger partial charge in [0.15, 0.2) is 0 Å². The van der Waals surface area contributed by atoms with E-state index in [4.69, 9.17) is 0 Å². The lowest BCUT2D eigenvalue weighted by atomic mass is 9.77. The van der Waals surface area contributed by atoms with Gasteiger partial charge >= 0.3 is 0 Å². The molecule has 1 nitrogen and oxygen atoms in total. The van der Waals surface area contributed by atoms with Crippen LogP contribution in [0.25, 0.3) is 0 Å². The minimum absolute atomic E-state index is 0.545. The minimum atomic E-state index is 0.545. The van der Waals surface area contributed by atoms with Gasteiger partial charge in [-0.05, 0) is 49.1 Å². The van der Waals surface area contributed by atoms with Crippen LogP contribution in [0.2, 0.25) is 0 Å². The quantitative estimate of drug-likeness (QED) is 0.844. The topological polar surface area (TPSA) is 12.0 Å². The third kappa shape index (κ3) is 2.09. The molecule has 3 unspecified atom stereocenters. The Bertz CT molecular complexity index is 391. The summed E-state index contributed by atoms with van der Waals surface area (Å²) in [7, 11) is 2.16. The summed E-state index contributed by atoms with van der Waals surface area (Å²) >= 11 is 0. The molecule has 1 aromatic rings. The largest absolute Gasteiger partial charge is 0.316 e. The van der Waals surface area contributed by atoms with Gasteiger partial charge in [-0.3, -0.25) is 0 Å². The van der Waals surface area contributed by atoms with Gasteiger partial charge in [-0.15, -0.1) is 0 Å². The molecule has 1 heteroatoms. The summed E-state index contributed by atoms with van der Waals surface area (Å²) in [5.41, 5.74) is 2.09. The molecule has 1 N–H and O–H groups in total. The minimum Gasteiger partial charge on any atom is -0.316 e. The van der Waals surface area contributed by atoms with Gasteiger partial charge < -0.3 is 5.32 Å². The van der Waals surface area contributed by atoms with E-state index < -0.39 is 0 Å². The molecule has 2 fully saturated rings. The van der Waals surface area contributed by atoms with Crippen LogP contribution >= 0.6 is 0 Å². The van der Waals surface area contributed by atoms with Crippen molar-refractivity contribution in [2.45, 2.75) is 51.0 Å². The van der Waals surface area contributed by atoms with Crippen LogP contribution in [0.15, 0.2) is 30.3 Å². The van der Waals surface area contributed by atoms with Gasteiger partial charge in [0.25, 0.3) is 0 Å². The van der Waals surface area contributed by atoms with Gasteiger partial charge in [-0.2, -0.15) is 0 Å². The second-order valence-corrected chi connectivity index (χ2v) is 6.54. The fourth-order valence-corrected chi connectivity index (χ4v) is 4.24. The van der Waals surface area contributed by atoms with Crippen LogP contribution in [0.5, 0.6) is 0 Å². The molecule has 1 aromatic carbocycles. The summed E-state index contributed by atoms with van der Waals surface area (Å²) in [6.07, 6.45) is 7.06. The molecule has 0 radical (unpaired) electrons. The zero-order valence-electron chi connectivity index (χ0n) is 11.7. The first-order chi connectivity index (χ1) is 8.74. The maximum absolute atomic E-state index is 3.65. The van der Waals surface area contributed by atoms with E-state index in [9.17, 15) is 0 Å². The number of hydrogen-bond donors (Lipinski definition) is 1. The van der Waals surface area contributed by atoms with Crippen molar-refractivity contribution in [2.75, 3.05) is 7.05 Å². The highest BCUT2D eigenvalue weighted by Crippen LogP contribution is 2.56. The van der Waals surface area contributed by atoms with Gasteiger partial charge in [-0.1, -0.05) is 50.1 Å². The molecule has 98 valence electrons. The highest BCUT2D eigenvalue weighted by atomic mass is 14.9. The van der Waals surface area contributed by atoms with Crippen LogP contribution in [0, 0.1) is 11.3 Å². The van der Waals surface area contributed by atoms with Crippen LogP contribution < -0.4 is 5.32 Å². The number of benzene rings is 1. The van der Waals surface area contributed by atoms with Crippen molar-refractivity contribution in [3.63, 3.8) is 0 Å². The molecule has 3 rings (SSSR count). The summed E-state index contributed by atoms with van der Waals surface area (Å²) in [6.45, 7) is 2.50. The van der Waals surface area contributed by atoms with Crippen molar-refractivity contribution < 1.29 is 0 Å². The lowest BCUT2D eigenvalue weighted by Gasteiger charge is -2.34. The first-order valence-corrected chi connectivity index (χ1v) is 7.47. The molecule has 0 amide bonds. The second kappa shape index (κ2) is 4.70. The second-order valence-electron chi connectivity index (χ2n) is 6.54. The van der Waals surface area contributed by atoms with Gasteiger partial charge in [0.1, 0.15) is 0 Å². The zero-order chi connectivity index (χ0) is 12.6.